The van der Waals surface area contributed by atoms with E-state index in [4.69, 9.17) is 12.2 Å². The molecular formula is C15H21N. The molecule has 0 amide bonds. The van der Waals surface area contributed by atoms with Gasteiger partial charge in [0.2, 0.25) is 0 Å². The maximum Gasteiger partial charge on any atom is 0.0306 e. The lowest BCUT2D eigenvalue weighted by Crippen LogP contribution is -2.19. The first-order chi connectivity index (χ1) is 7.46. The zero-order valence-electron chi connectivity index (χ0n) is 10.5. The standard InChI is InChI=1S/C15H21N/c1-5-6-11-14(16)12-9-7-8-10-13(12)15(2,3)4/h1,7-10,14H,6,11,16H2,2-4H3. The lowest BCUT2D eigenvalue weighted by atomic mass is 9.81. The Kier molecular flexibility index (Phi) is 4.15. The third-order valence-electron chi connectivity index (χ3n) is 2.77. The molecule has 0 saturated heterocycles. The zero-order valence-corrected chi connectivity index (χ0v) is 10.5. The van der Waals surface area contributed by atoms with Gasteiger partial charge in [0.15, 0.2) is 0 Å². The molecule has 0 spiro atoms. The van der Waals surface area contributed by atoms with Crippen molar-refractivity contribution in [3.8, 4) is 12.3 Å². The Morgan fingerprint density at radius 1 is 1.31 bits per heavy atom. The molecule has 0 heterocycles. The molecule has 1 atom stereocenters. The monoisotopic (exact) mass is 215 g/mol. The van der Waals surface area contributed by atoms with Crippen molar-refractivity contribution in [2.24, 2.45) is 5.73 Å². The minimum atomic E-state index is 0.0477. The average Bonchev–Trinajstić information content (AvgIpc) is 2.24. The Labute approximate surface area is 99.1 Å². The Morgan fingerprint density at radius 2 is 1.94 bits per heavy atom. The summed E-state index contributed by atoms with van der Waals surface area (Å²) in [5.74, 6) is 2.65. The number of hydrogen-bond donors (Lipinski definition) is 1. The summed E-state index contributed by atoms with van der Waals surface area (Å²) in [5.41, 5.74) is 8.86. The smallest absolute Gasteiger partial charge is 0.0306 e. The first kappa shape index (κ1) is 12.8. The minimum absolute atomic E-state index is 0.0477. The quantitative estimate of drug-likeness (QED) is 0.768. The van der Waals surface area contributed by atoms with Gasteiger partial charge in [-0.15, -0.1) is 12.3 Å². The fraction of sp³-hybridized carbons (Fsp3) is 0.467. The predicted octanol–water partition coefficient (Wildman–Crippen LogP) is 3.40. The van der Waals surface area contributed by atoms with Crippen LogP contribution in [-0.2, 0) is 5.41 Å². The van der Waals surface area contributed by atoms with Crippen molar-refractivity contribution in [2.75, 3.05) is 0 Å². The van der Waals surface area contributed by atoms with Gasteiger partial charge < -0.3 is 5.73 Å². The lowest BCUT2D eigenvalue weighted by molar-refractivity contribution is 0.562. The average molecular weight is 215 g/mol. The molecule has 0 aliphatic rings. The van der Waals surface area contributed by atoms with Crippen LogP contribution < -0.4 is 5.73 Å². The van der Waals surface area contributed by atoms with E-state index in [1.54, 1.807) is 0 Å². The number of rotatable bonds is 3. The van der Waals surface area contributed by atoms with Crippen molar-refractivity contribution in [3.63, 3.8) is 0 Å². The molecule has 0 fully saturated rings. The van der Waals surface area contributed by atoms with Gasteiger partial charge >= 0.3 is 0 Å². The largest absolute Gasteiger partial charge is 0.324 e. The van der Waals surface area contributed by atoms with Crippen LogP contribution in [0.1, 0.15) is 50.8 Å². The van der Waals surface area contributed by atoms with E-state index in [-0.39, 0.29) is 11.5 Å². The lowest BCUT2D eigenvalue weighted by Gasteiger charge is -2.25. The first-order valence-electron chi connectivity index (χ1n) is 5.75. The Hall–Kier alpha value is -1.26. The van der Waals surface area contributed by atoms with E-state index in [0.29, 0.717) is 0 Å². The molecule has 0 bridgehead atoms. The van der Waals surface area contributed by atoms with Crippen molar-refractivity contribution in [1.82, 2.24) is 0 Å². The number of nitrogens with two attached hydrogens (primary N) is 1. The second-order valence-electron chi connectivity index (χ2n) is 5.19. The van der Waals surface area contributed by atoms with E-state index in [1.165, 1.54) is 11.1 Å². The van der Waals surface area contributed by atoms with Crippen molar-refractivity contribution >= 4 is 0 Å². The molecule has 1 nitrogen and oxygen atoms in total. The molecule has 1 aromatic carbocycles. The molecule has 0 saturated carbocycles. The number of terminal acetylenes is 1. The van der Waals surface area contributed by atoms with Crippen LogP contribution in [-0.4, -0.2) is 0 Å². The van der Waals surface area contributed by atoms with Crippen molar-refractivity contribution in [3.05, 3.63) is 35.4 Å². The molecule has 2 N–H and O–H groups in total. The SMILES string of the molecule is C#CCCC(N)c1ccccc1C(C)(C)C. The van der Waals surface area contributed by atoms with Crippen molar-refractivity contribution in [1.29, 1.82) is 0 Å². The molecule has 1 heteroatoms. The summed E-state index contributed by atoms with van der Waals surface area (Å²) in [4.78, 5) is 0. The van der Waals surface area contributed by atoms with Gasteiger partial charge in [-0.05, 0) is 23.0 Å². The van der Waals surface area contributed by atoms with E-state index in [9.17, 15) is 0 Å². The van der Waals surface area contributed by atoms with E-state index in [0.717, 1.165) is 12.8 Å². The van der Waals surface area contributed by atoms with Crippen molar-refractivity contribution in [2.45, 2.75) is 45.1 Å². The summed E-state index contributed by atoms with van der Waals surface area (Å²) in [5, 5.41) is 0. The van der Waals surface area contributed by atoms with Crippen LogP contribution in [0.3, 0.4) is 0 Å². The van der Waals surface area contributed by atoms with Crippen molar-refractivity contribution < 1.29 is 0 Å². The molecular weight excluding hydrogens is 194 g/mol. The highest BCUT2D eigenvalue weighted by Gasteiger charge is 2.20. The van der Waals surface area contributed by atoms with Crippen LogP contribution in [0.15, 0.2) is 24.3 Å². The summed E-state index contributed by atoms with van der Waals surface area (Å²) in [6.07, 6.45) is 6.86. The fourth-order valence-corrected chi connectivity index (χ4v) is 1.90. The molecule has 0 aromatic heterocycles. The topological polar surface area (TPSA) is 26.0 Å². The summed E-state index contributed by atoms with van der Waals surface area (Å²) in [7, 11) is 0. The summed E-state index contributed by atoms with van der Waals surface area (Å²) in [6.45, 7) is 6.62. The van der Waals surface area contributed by atoms with Crippen LogP contribution in [0.5, 0.6) is 0 Å². The summed E-state index contributed by atoms with van der Waals surface area (Å²) >= 11 is 0. The van der Waals surface area contributed by atoms with Crippen LogP contribution >= 0.6 is 0 Å². The zero-order chi connectivity index (χ0) is 12.2. The normalized spacial score (nSPS) is 13.2. The maximum atomic E-state index is 6.18. The summed E-state index contributed by atoms with van der Waals surface area (Å²) in [6, 6.07) is 8.43. The Balaban J connectivity index is 3.00. The number of hydrogen-bond acceptors (Lipinski definition) is 1. The minimum Gasteiger partial charge on any atom is -0.324 e. The van der Waals surface area contributed by atoms with Gasteiger partial charge in [-0.3, -0.25) is 0 Å². The molecule has 0 aliphatic carbocycles. The van der Waals surface area contributed by atoms with Gasteiger partial charge in [-0.25, -0.2) is 0 Å². The third kappa shape index (κ3) is 3.12. The maximum absolute atomic E-state index is 6.18. The third-order valence-corrected chi connectivity index (χ3v) is 2.77. The van der Waals surface area contributed by atoms with E-state index in [2.05, 4.69) is 44.9 Å². The van der Waals surface area contributed by atoms with Crippen LogP contribution in [0.4, 0.5) is 0 Å². The highest BCUT2D eigenvalue weighted by Crippen LogP contribution is 2.30. The van der Waals surface area contributed by atoms with Crippen LogP contribution in [0.2, 0.25) is 0 Å². The molecule has 86 valence electrons. The number of benzene rings is 1. The molecule has 1 rings (SSSR count). The van der Waals surface area contributed by atoms with Gasteiger partial charge in [0.1, 0.15) is 0 Å². The molecule has 0 aliphatic heterocycles. The Morgan fingerprint density at radius 3 is 2.50 bits per heavy atom. The molecule has 0 radical (unpaired) electrons. The van der Waals surface area contributed by atoms with Gasteiger partial charge in [0.05, 0.1) is 0 Å². The Bertz CT molecular complexity index is 379. The summed E-state index contributed by atoms with van der Waals surface area (Å²) < 4.78 is 0. The molecule has 16 heavy (non-hydrogen) atoms. The second kappa shape index (κ2) is 5.18. The van der Waals surface area contributed by atoms with Gasteiger partial charge in [0, 0.05) is 12.5 Å². The first-order valence-corrected chi connectivity index (χ1v) is 5.75. The molecule has 1 unspecified atom stereocenters. The fourth-order valence-electron chi connectivity index (χ4n) is 1.90. The predicted molar refractivity (Wildman–Crippen MR) is 70.1 cm³/mol. The van der Waals surface area contributed by atoms with Crippen LogP contribution in [0.25, 0.3) is 0 Å². The van der Waals surface area contributed by atoms with E-state index < -0.39 is 0 Å². The second-order valence-corrected chi connectivity index (χ2v) is 5.19. The van der Waals surface area contributed by atoms with E-state index >= 15 is 0 Å². The van der Waals surface area contributed by atoms with Gasteiger partial charge in [-0.2, -0.15) is 0 Å². The highest BCUT2D eigenvalue weighted by molar-refractivity contribution is 5.35. The van der Waals surface area contributed by atoms with Crippen LogP contribution in [0, 0.1) is 12.3 Å². The van der Waals surface area contributed by atoms with Gasteiger partial charge in [-0.1, -0.05) is 45.0 Å². The van der Waals surface area contributed by atoms with Gasteiger partial charge in [0.25, 0.3) is 0 Å². The van der Waals surface area contributed by atoms with E-state index in [1.807, 2.05) is 6.07 Å². The molecule has 1 aromatic rings. The highest BCUT2D eigenvalue weighted by atomic mass is 14.6.